The minimum absolute atomic E-state index is 0.00448. The van der Waals surface area contributed by atoms with Crippen LogP contribution in [0.15, 0.2) is 23.1 Å². The third-order valence-corrected chi connectivity index (χ3v) is 5.76. The van der Waals surface area contributed by atoms with Gasteiger partial charge in [-0.1, -0.05) is 32.4 Å². The first kappa shape index (κ1) is 14.3. The van der Waals surface area contributed by atoms with Crippen molar-refractivity contribution in [3.8, 4) is 0 Å². The van der Waals surface area contributed by atoms with Gasteiger partial charge in [0.2, 0.25) is 10.0 Å². The highest BCUT2D eigenvalue weighted by molar-refractivity contribution is 7.89. The maximum absolute atomic E-state index is 12.5. The molecule has 0 saturated heterocycles. The van der Waals surface area contributed by atoms with E-state index in [-0.39, 0.29) is 16.4 Å². The predicted molar refractivity (Wildman–Crippen MR) is 77.3 cm³/mol. The molecule has 0 heterocycles. The van der Waals surface area contributed by atoms with Crippen LogP contribution in [0.3, 0.4) is 0 Å². The standard InChI is InChI=1S/C14H22N2O2S/c1-10-6-4-7-11(15)13(10)19(17,18)16-12-8-5-9-14(12,2)3/h4,6-7,12,16H,5,8-9,15H2,1-3H3. The molecule has 1 fully saturated rings. The Morgan fingerprint density at radius 2 is 2.05 bits per heavy atom. The van der Waals surface area contributed by atoms with Gasteiger partial charge in [0.05, 0.1) is 5.69 Å². The lowest BCUT2D eigenvalue weighted by Crippen LogP contribution is -2.41. The molecule has 2 rings (SSSR count). The fourth-order valence-corrected chi connectivity index (χ4v) is 4.63. The molecule has 0 amide bonds. The maximum Gasteiger partial charge on any atom is 0.243 e. The molecule has 1 aliphatic carbocycles. The summed E-state index contributed by atoms with van der Waals surface area (Å²) in [6.07, 6.45) is 2.99. The molecular weight excluding hydrogens is 260 g/mol. The fraction of sp³-hybridized carbons (Fsp3) is 0.571. The Bertz CT molecular complexity index is 559. The minimum atomic E-state index is -3.55. The summed E-state index contributed by atoms with van der Waals surface area (Å²) in [6.45, 7) is 5.98. The van der Waals surface area contributed by atoms with E-state index in [9.17, 15) is 8.42 Å². The lowest BCUT2D eigenvalue weighted by atomic mass is 9.88. The smallest absolute Gasteiger partial charge is 0.243 e. The zero-order valence-corrected chi connectivity index (χ0v) is 12.5. The molecule has 19 heavy (non-hydrogen) atoms. The molecule has 0 bridgehead atoms. The van der Waals surface area contributed by atoms with Crippen LogP contribution in [0.25, 0.3) is 0 Å². The van der Waals surface area contributed by atoms with Crippen LogP contribution in [0.4, 0.5) is 5.69 Å². The summed E-state index contributed by atoms with van der Waals surface area (Å²) in [4.78, 5) is 0.220. The lowest BCUT2D eigenvalue weighted by molar-refractivity contribution is 0.313. The molecule has 5 heteroatoms. The van der Waals surface area contributed by atoms with Crippen molar-refractivity contribution in [2.45, 2.75) is 51.0 Å². The van der Waals surface area contributed by atoms with Gasteiger partial charge in [0.15, 0.2) is 0 Å². The fourth-order valence-electron chi connectivity index (χ4n) is 2.83. The first-order valence-corrected chi connectivity index (χ1v) is 8.10. The van der Waals surface area contributed by atoms with Crippen LogP contribution in [0.5, 0.6) is 0 Å². The third kappa shape index (κ3) is 2.77. The van der Waals surface area contributed by atoms with Gasteiger partial charge >= 0.3 is 0 Å². The van der Waals surface area contributed by atoms with E-state index in [1.165, 1.54) is 0 Å². The molecule has 0 radical (unpaired) electrons. The van der Waals surface area contributed by atoms with E-state index in [0.717, 1.165) is 19.3 Å². The van der Waals surface area contributed by atoms with E-state index in [4.69, 9.17) is 5.73 Å². The average molecular weight is 282 g/mol. The summed E-state index contributed by atoms with van der Waals surface area (Å²) in [6, 6.07) is 5.14. The second-order valence-electron chi connectivity index (χ2n) is 6.05. The molecular formula is C14H22N2O2S. The Labute approximate surface area is 115 Å². The van der Waals surface area contributed by atoms with Gasteiger partial charge in [-0.05, 0) is 36.8 Å². The van der Waals surface area contributed by atoms with Gasteiger partial charge in [-0.15, -0.1) is 0 Å². The number of hydrogen-bond acceptors (Lipinski definition) is 3. The van der Waals surface area contributed by atoms with E-state index in [1.807, 2.05) is 0 Å². The second kappa shape index (κ2) is 4.80. The summed E-state index contributed by atoms with van der Waals surface area (Å²) in [5.74, 6) is 0. The highest BCUT2D eigenvalue weighted by Crippen LogP contribution is 2.38. The van der Waals surface area contributed by atoms with E-state index in [0.29, 0.717) is 11.3 Å². The molecule has 3 N–H and O–H groups in total. The zero-order valence-electron chi connectivity index (χ0n) is 11.7. The Morgan fingerprint density at radius 1 is 1.37 bits per heavy atom. The monoisotopic (exact) mass is 282 g/mol. The van der Waals surface area contributed by atoms with Crippen LogP contribution in [0, 0.1) is 12.3 Å². The van der Waals surface area contributed by atoms with Crippen LogP contribution in [-0.2, 0) is 10.0 Å². The summed E-state index contributed by atoms with van der Waals surface area (Å²) in [7, 11) is -3.55. The summed E-state index contributed by atoms with van der Waals surface area (Å²) >= 11 is 0. The van der Waals surface area contributed by atoms with Gasteiger partial charge in [-0.3, -0.25) is 0 Å². The van der Waals surface area contributed by atoms with E-state index in [2.05, 4.69) is 18.6 Å². The van der Waals surface area contributed by atoms with Crippen LogP contribution in [0.1, 0.15) is 38.7 Å². The molecule has 106 valence electrons. The Balaban J connectivity index is 2.34. The first-order chi connectivity index (χ1) is 8.74. The first-order valence-electron chi connectivity index (χ1n) is 6.61. The van der Waals surface area contributed by atoms with Crippen molar-refractivity contribution >= 4 is 15.7 Å². The van der Waals surface area contributed by atoms with Gasteiger partial charge in [0.1, 0.15) is 4.90 Å². The number of nitrogens with two attached hydrogens (primary N) is 1. The Kier molecular flexibility index (Phi) is 3.62. The van der Waals surface area contributed by atoms with Crippen LogP contribution in [-0.4, -0.2) is 14.5 Å². The molecule has 0 spiro atoms. The number of benzene rings is 1. The number of nitrogens with one attached hydrogen (secondary N) is 1. The van der Waals surface area contributed by atoms with Crippen LogP contribution < -0.4 is 10.5 Å². The van der Waals surface area contributed by atoms with E-state index < -0.39 is 10.0 Å². The summed E-state index contributed by atoms with van der Waals surface area (Å²) in [5.41, 5.74) is 6.83. The van der Waals surface area contributed by atoms with Gasteiger partial charge in [-0.25, -0.2) is 13.1 Å². The molecule has 1 aromatic rings. The SMILES string of the molecule is Cc1cccc(N)c1S(=O)(=O)NC1CCCC1(C)C. The summed E-state index contributed by atoms with van der Waals surface area (Å²) < 4.78 is 27.9. The van der Waals surface area contributed by atoms with Gasteiger partial charge in [0.25, 0.3) is 0 Å². The second-order valence-corrected chi connectivity index (χ2v) is 7.70. The average Bonchev–Trinajstić information content (AvgIpc) is 2.56. The number of nitrogen functional groups attached to an aromatic ring is 1. The largest absolute Gasteiger partial charge is 0.398 e. The van der Waals surface area contributed by atoms with Crippen molar-refractivity contribution in [3.63, 3.8) is 0 Å². The molecule has 1 atom stereocenters. The van der Waals surface area contributed by atoms with Crippen molar-refractivity contribution in [2.24, 2.45) is 5.41 Å². The topological polar surface area (TPSA) is 72.2 Å². The number of rotatable bonds is 3. The number of hydrogen-bond donors (Lipinski definition) is 2. The Hall–Kier alpha value is -1.07. The van der Waals surface area contributed by atoms with Crippen molar-refractivity contribution < 1.29 is 8.42 Å². The highest BCUT2D eigenvalue weighted by Gasteiger charge is 2.37. The van der Waals surface area contributed by atoms with Crippen molar-refractivity contribution in [3.05, 3.63) is 23.8 Å². The van der Waals surface area contributed by atoms with Crippen molar-refractivity contribution in [1.29, 1.82) is 0 Å². The molecule has 1 unspecified atom stereocenters. The van der Waals surface area contributed by atoms with Gasteiger partial charge < -0.3 is 5.73 Å². The molecule has 0 aliphatic heterocycles. The van der Waals surface area contributed by atoms with Crippen LogP contribution in [0.2, 0.25) is 0 Å². The molecule has 1 saturated carbocycles. The summed E-state index contributed by atoms with van der Waals surface area (Å²) in [5, 5.41) is 0. The van der Waals surface area contributed by atoms with Gasteiger partial charge in [0, 0.05) is 6.04 Å². The molecule has 4 nitrogen and oxygen atoms in total. The number of sulfonamides is 1. The molecule has 1 aliphatic rings. The third-order valence-electron chi connectivity index (χ3n) is 4.07. The quantitative estimate of drug-likeness (QED) is 0.836. The Morgan fingerprint density at radius 3 is 2.58 bits per heavy atom. The van der Waals surface area contributed by atoms with Crippen molar-refractivity contribution in [1.82, 2.24) is 4.72 Å². The van der Waals surface area contributed by atoms with E-state index >= 15 is 0 Å². The highest BCUT2D eigenvalue weighted by atomic mass is 32.2. The normalized spacial score (nSPS) is 22.6. The van der Waals surface area contributed by atoms with Gasteiger partial charge in [-0.2, -0.15) is 0 Å². The minimum Gasteiger partial charge on any atom is -0.398 e. The van der Waals surface area contributed by atoms with Crippen molar-refractivity contribution in [2.75, 3.05) is 5.73 Å². The lowest BCUT2D eigenvalue weighted by Gasteiger charge is -2.28. The molecule has 1 aromatic carbocycles. The zero-order chi connectivity index (χ0) is 14.3. The van der Waals surface area contributed by atoms with Crippen LogP contribution >= 0.6 is 0 Å². The predicted octanol–water partition coefficient (Wildman–Crippen LogP) is 2.43. The molecule has 0 aromatic heterocycles. The maximum atomic E-state index is 12.5. The number of anilines is 1. The van der Waals surface area contributed by atoms with E-state index in [1.54, 1.807) is 25.1 Å². The number of aryl methyl sites for hydroxylation is 1.